The van der Waals surface area contributed by atoms with Crippen molar-refractivity contribution in [3.63, 3.8) is 0 Å². The predicted molar refractivity (Wildman–Crippen MR) is 88.7 cm³/mol. The zero-order valence-corrected chi connectivity index (χ0v) is 14.0. The Balaban J connectivity index is 1.58. The number of carbonyl (C=O) groups excluding carboxylic acids is 1. The third-order valence-electron chi connectivity index (χ3n) is 4.80. The molecule has 2 fully saturated rings. The van der Waals surface area contributed by atoms with E-state index >= 15 is 0 Å². The van der Waals surface area contributed by atoms with E-state index in [-0.39, 0.29) is 11.8 Å². The largest absolute Gasteiger partial charge is 0.497 e. The molecule has 2 aliphatic rings. The Kier molecular flexibility index (Phi) is 5.04. The van der Waals surface area contributed by atoms with Crippen molar-refractivity contribution >= 4 is 11.9 Å². The van der Waals surface area contributed by atoms with Gasteiger partial charge in [0, 0.05) is 19.1 Å². The molecule has 1 saturated carbocycles. The number of methoxy groups -OCH3 is 1. The van der Waals surface area contributed by atoms with Crippen molar-refractivity contribution in [3.05, 3.63) is 29.8 Å². The van der Waals surface area contributed by atoms with E-state index in [0.717, 1.165) is 24.2 Å². The summed E-state index contributed by atoms with van der Waals surface area (Å²) in [7, 11) is 1.63. The number of hydrogen-bond donors (Lipinski definition) is 1. The van der Waals surface area contributed by atoms with Gasteiger partial charge in [-0.15, -0.1) is 0 Å². The zero-order chi connectivity index (χ0) is 17.1. The quantitative estimate of drug-likeness (QED) is 0.821. The molecule has 3 rings (SSSR count). The summed E-state index contributed by atoms with van der Waals surface area (Å²) in [6.07, 6.45) is 2.74. The summed E-state index contributed by atoms with van der Waals surface area (Å²) in [6, 6.07) is 8.11. The van der Waals surface area contributed by atoms with Crippen molar-refractivity contribution in [2.45, 2.75) is 31.8 Å². The van der Waals surface area contributed by atoms with Gasteiger partial charge in [0.05, 0.1) is 19.6 Å². The van der Waals surface area contributed by atoms with E-state index in [1.165, 1.54) is 0 Å². The first-order valence-corrected chi connectivity index (χ1v) is 8.44. The maximum atomic E-state index is 12.7. The topological polar surface area (TPSA) is 70.1 Å². The Labute approximate surface area is 142 Å². The van der Waals surface area contributed by atoms with Crippen molar-refractivity contribution in [3.8, 4) is 5.75 Å². The fraction of sp³-hybridized carbons (Fsp3) is 0.556. The molecule has 130 valence electrons. The molecule has 1 atom stereocenters. The first-order valence-electron chi connectivity index (χ1n) is 8.44. The van der Waals surface area contributed by atoms with Crippen LogP contribution in [0.5, 0.6) is 5.75 Å². The van der Waals surface area contributed by atoms with Gasteiger partial charge < -0.3 is 14.7 Å². The summed E-state index contributed by atoms with van der Waals surface area (Å²) < 4.78 is 5.16. The molecule has 24 heavy (non-hydrogen) atoms. The van der Waals surface area contributed by atoms with Crippen LogP contribution in [0.1, 0.15) is 24.8 Å². The van der Waals surface area contributed by atoms with Crippen molar-refractivity contribution in [2.75, 3.05) is 26.7 Å². The number of aliphatic carboxylic acids is 1. The fourth-order valence-electron chi connectivity index (χ4n) is 3.19. The zero-order valence-electron chi connectivity index (χ0n) is 14.0. The first kappa shape index (κ1) is 16.8. The lowest BCUT2D eigenvalue weighted by Crippen LogP contribution is -2.40. The smallest absolute Gasteiger partial charge is 0.307 e. The van der Waals surface area contributed by atoms with E-state index in [0.29, 0.717) is 38.6 Å². The Morgan fingerprint density at radius 1 is 1.25 bits per heavy atom. The normalized spacial score (nSPS) is 20.8. The third-order valence-corrected chi connectivity index (χ3v) is 4.80. The van der Waals surface area contributed by atoms with Gasteiger partial charge in [0.2, 0.25) is 5.91 Å². The van der Waals surface area contributed by atoms with Crippen molar-refractivity contribution in [2.24, 2.45) is 5.92 Å². The first-order chi connectivity index (χ1) is 11.6. The van der Waals surface area contributed by atoms with E-state index in [2.05, 4.69) is 0 Å². The molecule has 1 aromatic carbocycles. The van der Waals surface area contributed by atoms with Crippen LogP contribution < -0.4 is 4.74 Å². The molecular weight excluding hydrogens is 308 g/mol. The monoisotopic (exact) mass is 332 g/mol. The number of ether oxygens (including phenoxy) is 1. The van der Waals surface area contributed by atoms with E-state index < -0.39 is 5.97 Å². The summed E-state index contributed by atoms with van der Waals surface area (Å²) in [6.45, 7) is 2.08. The van der Waals surface area contributed by atoms with Crippen LogP contribution in [0.2, 0.25) is 0 Å². The maximum Gasteiger partial charge on any atom is 0.307 e. The van der Waals surface area contributed by atoms with Gasteiger partial charge in [0.15, 0.2) is 0 Å². The van der Waals surface area contributed by atoms with Gasteiger partial charge in [0.25, 0.3) is 0 Å². The van der Waals surface area contributed by atoms with Crippen LogP contribution in [0.25, 0.3) is 0 Å². The van der Waals surface area contributed by atoms with E-state index in [4.69, 9.17) is 9.84 Å². The molecule has 0 radical (unpaired) electrons. The van der Waals surface area contributed by atoms with E-state index in [1.807, 2.05) is 34.1 Å². The van der Waals surface area contributed by atoms with Gasteiger partial charge in [-0.1, -0.05) is 12.1 Å². The van der Waals surface area contributed by atoms with Gasteiger partial charge in [-0.3, -0.25) is 14.5 Å². The minimum Gasteiger partial charge on any atom is -0.497 e. The van der Waals surface area contributed by atoms with Crippen molar-refractivity contribution in [1.29, 1.82) is 0 Å². The van der Waals surface area contributed by atoms with Crippen LogP contribution in [0.4, 0.5) is 0 Å². The second kappa shape index (κ2) is 7.21. The summed E-state index contributed by atoms with van der Waals surface area (Å²) in [5.41, 5.74) is 1.08. The van der Waals surface area contributed by atoms with E-state index in [1.54, 1.807) is 7.11 Å². The molecule has 1 unspecified atom stereocenters. The minimum atomic E-state index is -0.762. The number of amides is 1. The van der Waals surface area contributed by atoms with Crippen LogP contribution in [-0.4, -0.2) is 59.6 Å². The average molecular weight is 332 g/mol. The van der Waals surface area contributed by atoms with Crippen molar-refractivity contribution < 1.29 is 19.4 Å². The molecule has 1 amide bonds. The summed E-state index contributed by atoms with van der Waals surface area (Å²) >= 11 is 0. The highest BCUT2D eigenvalue weighted by atomic mass is 16.5. The average Bonchev–Trinajstić information content (AvgIpc) is 3.31. The molecule has 1 heterocycles. The lowest BCUT2D eigenvalue weighted by molar-refractivity contribution is -0.141. The Bertz CT molecular complexity index is 598. The highest BCUT2D eigenvalue weighted by Crippen LogP contribution is 2.29. The predicted octanol–water partition coefficient (Wildman–Crippen LogP) is 1.59. The number of rotatable bonds is 7. The van der Waals surface area contributed by atoms with Crippen LogP contribution in [-0.2, 0) is 16.1 Å². The molecule has 0 aromatic heterocycles. The number of nitrogens with zero attached hydrogens (tertiary/aromatic N) is 2. The molecule has 6 heteroatoms. The SMILES string of the molecule is COc1ccc(CN(C(=O)CN2CCC(C(=O)O)C2)C2CC2)cc1. The highest BCUT2D eigenvalue weighted by Gasteiger charge is 2.35. The Hall–Kier alpha value is -2.08. The number of carboxylic acid groups (broad SMARTS) is 1. The number of likely N-dealkylation sites (tertiary alicyclic amines) is 1. The number of carboxylic acids is 1. The Morgan fingerprint density at radius 2 is 1.96 bits per heavy atom. The molecule has 1 aliphatic carbocycles. The molecule has 1 aliphatic heterocycles. The van der Waals surface area contributed by atoms with Gasteiger partial charge >= 0.3 is 5.97 Å². The minimum absolute atomic E-state index is 0.0966. The van der Waals surface area contributed by atoms with Crippen molar-refractivity contribution in [1.82, 2.24) is 9.80 Å². The fourth-order valence-corrected chi connectivity index (χ4v) is 3.19. The van der Waals surface area contributed by atoms with Crippen LogP contribution >= 0.6 is 0 Å². The number of carbonyl (C=O) groups is 2. The second-order valence-corrected chi connectivity index (χ2v) is 6.66. The number of benzene rings is 1. The Morgan fingerprint density at radius 3 is 2.50 bits per heavy atom. The van der Waals surface area contributed by atoms with Crippen LogP contribution in [0.3, 0.4) is 0 Å². The molecule has 1 N–H and O–H groups in total. The lowest BCUT2D eigenvalue weighted by atomic mass is 10.1. The highest BCUT2D eigenvalue weighted by molar-refractivity contribution is 5.79. The molecule has 1 saturated heterocycles. The second-order valence-electron chi connectivity index (χ2n) is 6.66. The molecular formula is C18H24N2O4. The molecule has 1 aromatic rings. The van der Waals surface area contributed by atoms with Crippen LogP contribution in [0.15, 0.2) is 24.3 Å². The van der Waals surface area contributed by atoms with E-state index in [9.17, 15) is 9.59 Å². The third kappa shape index (κ3) is 4.06. The number of hydrogen-bond acceptors (Lipinski definition) is 4. The summed E-state index contributed by atoms with van der Waals surface area (Å²) in [5, 5.41) is 9.08. The summed E-state index contributed by atoms with van der Waals surface area (Å²) in [4.78, 5) is 27.6. The molecule has 0 spiro atoms. The molecule has 6 nitrogen and oxygen atoms in total. The van der Waals surface area contributed by atoms with Crippen LogP contribution in [0, 0.1) is 5.92 Å². The van der Waals surface area contributed by atoms with Gasteiger partial charge in [0.1, 0.15) is 5.75 Å². The van der Waals surface area contributed by atoms with Gasteiger partial charge in [-0.25, -0.2) is 0 Å². The summed E-state index contributed by atoms with van der Waals surface area (Å²) in [5.74, 6) is -0.199. The van der Waals surface area contributed by atoms with Gasteiger partial charge in [-0.2, -0.15) is 0 Å². The molecule has 0 bridgehead atoms. The lowest BCUT2D eigenvalue weighted by Gasteiger charge is -2.25. The standard InChI is InChI=1S/C18H24N2O4/c1-24-16-6-2-13(3-7-16)10-20(15-4-5-15)17(21)12-19-9-8-14(11-19)18(22)23/h2-3,6-7,14-15H,4-5,8-12H2,1H3,(H,22,23). The maximum absolute atomic E-state index is 12.7. The van der Waals surface area contributed by atoms with Gasteiger partial charge in [-0.05, 0) is 43.5 Å².